The summed E-state index contributed by atoms with van der Waals surface area (Å²) in [6.07, 6.45) is 1.93. The average molecular weight is 643 g/mol. The van der Waals surface area contributed by atoms with Crippen LogP contribution in [-0.4, -0.2) is 50.5 Å². The van der Waals surface area contributed by atoms with E-state index in [1.54, 1.807) is 17.0 Å². The molecule has 7 nitrogen and oxygen atoms in total. The highest BCUT2D eigenvalue weighted by atomic mass is 79.9. The summed E-state index contributed by atoms with van der Waals surface area (Å²) in [7, 11) is -3.55. The fourth-order valence-electron chi connectivity index (χ4n) is 4.52. The van der Waals surface area contributed by atoms with Crippen molar-refractivity contribution in [3.63, 3.8) is 0 Å². The molecule has 3 rings (SSSR count). The largest absolute Gasteiger partial charge is 0.354 e. The molecule has 0 heterocycles. The maximum atomic E-state index is 13.9. The number of sulfonamides is 1. The molecule has 0 aliphatic heterocycles. The molecule has 2 amide bonds. The number of anilines is 1. The topological polar surface area (TPSA) is 86.8 Å². The average Bonchev–Trinajstić information content (AvgIpc) is 2.92. The molecule has 0 saturated carbocycles. The molecule has 0 saturated heterocycles. The number of halogens is 1. The van der Waals surface area contributed by atoms with Gasteiger partial charge in [-0.15, -0.1) is 0 Å². The summed E-state index contributed by atoms with van der Waals surface area (Å²) in [5.74, 6) is -0.152. The van der Waals surface area contributed by atoms with Crippen molar-refractivity contribution in [3.8, 4) is 0 Å². The van der Waals surface area contributed by atoms with E-state index in [2.05, 4.69) is 21.2 Å². The third-order valence-electron chi connectivity index (χ3n) is 6.67. The Kier molecular flexibility index (Phi) is 12.0. The van der Waals surface area contributed by atoms with Gasteiger partial charge < -0.3 is 10.2 Å². The molecule has 220 valence electrons. The van der Waals surface area contributed by atoms with Crippen LogP contribution >= 0.6 is 15.9 Å². The Hall–Kier alpha value is -3.17. The first-order valence-electron chi connectivity index (χ1n) is 13.8. The lowest BCUT2D eigenvalue weighted by Crippen LogP contribution is -2.51. The first-order chi connectivity index (χ1) is 19.4. The van der Waals surface area contributed by atoms with Gasteiger partial charge in [0.05, 0.1) is 11.9 Å². The molecule has 0 aliphatic carbocycles. The summed E-state index contributed by atoms with van der Waals surface area (Å²) in [6, 6.07) is 23.9. The molecule has 3 aromatic rings. The monoisotopic (exact) mass is 641 g/mol. The molecule has 1 atom stereocenters. The number of hydrogen-bond donors (Lipinski definition) is 1. The Morgan fingerprint density at radius 2 is 1.59 bits per heavy atom. The molecule has 0 fully saturated rings. The zero-order valence-electron chi connectivity index (χ0n) is 24.2. The van der Waals surface area contributed by atoms with Gasteiger partial charge in [-0.3, -0.25) is 13.9 Å². The molecule has 0 radical (unpaired) electrons. The van der Waals surface area contributed by atoms with Crippen molar-refractivity contribution in [2.75, 3.05) is 23.7 Å². The highest BCUT2D eigenvalue weighted by Gasteiger charge is 2.30. The van der Waals surface area contributed by atoms with E-state index in [0.717, 1.165) is 21.2 Å². The van der Waals surface area contributed by atoms with Gasteiger partial charge in [0.15, 0.2) is 0 Å². The minimum Gasteiger partial charge on any atom is -0.354 e. The molecule has 0 bridgehead atoms. The number of nitrogens with zero attached hydrogens (tertiary/aromatic N) is 2. The third kappa shape index (κ3) is 10.3. The van der Waals surface area contributed by atoms with Crippen LogP contribution in [0.5, 0.6) is 0 Å². The fourth-order valence-corrected chi connectivity index (χ4v) is 5.94. The molecule has 41 heavy (non-hydrogen) atoms. The van der Waals surface area contributed by atoms with Gasteiger partial charge in [-0.2, -0.15) is 0 Å². The third-order valence-corrected chi connectivity index (χ3v) is 8.36. The lowest BCUT2D eigenvalue weighted by molar-refractivity contribution is -0.141. The van der Waals surface area contributed by atoms with E-state index in [1.165, 1.54) is 10.6 Å². The van der Waals surface area contributed by atoms with Gasteiger partial charge in [-0.1, -0.05) is 89.9 Å². The van der Waals surface area contributed by atoms with Crippen molar-refractivity contribution >= 4 is 43.5 Å². The maximum Gasteiger partial charge on any atom is 0.243 e. The molecule has 1 N–H and O–H groups in total. The van der Waals surface area contributed by atoms with Crippen LogP contribution < -0.4 is 9.62 Å². The number of benzene rings is 3. The van der Waals surface area contributed by atoms with Gasteiger partial charge >= 0.3 is 0 Å². The highest BCUT2D eigenvalue weighted by molar-refractivity contribution is 9.10. The van der Waals surface area contributed by atoms with Crippen LogP contribution in [0.15, 0.2) is 83.3 Å². The maximum absolute atomic E-state index is 13.9. The SMILES string of the molecule is Cc1ccc(N(CCCC(=O)N(Cc2cccc(Br)c2)[C@@H](Cc2ccccc2)C(=O)NCC(C)C)S(C)(=O)=O)cc1. The fraction of sp³-hybridized carbons (Fsp3) is 0.375. The zero-order valence-corrected chi connectivity index (χ0v) is 26.6. The minimum atomic E-state index is -3.55. The number of amides is 2. The van der Waals surface area contributed by atoms with Gasteiger partial charge in [0, 0.05) is 36.9 Å². The van der Waals surface area contributed by atoms with Crippen molar-refractivity contribution in [1.82, 2.24) is 10.2 Å². The van der Waals surface area contributed by atoms with Crippen LogP contribution in [0.2, 0.25) is 0 Å². The minimum absolute atomic E-state index is 0.0919. The van der Waals surface area contributed by atoms with Gasteiger partial charge in [0.1, 0.15) is 6.04 Å². The molecule has 0 spiro atoms. The van der Waals surface area contributed by atoms with Gasteiger partial charge in [0.2, 0.25) is 21.8 Å². The Morgan fingerprint density at radius 1 is 0.927 bits per heavy atom. The summed E-state index contributed by atoms with van der Waals surface area (Å²) >= 11 is 3.51. The Bertz CT molecular complexity index is 1400. The first kappa shape index (κ1) is 32.3. The van der Waals surface area contributed by atoms with E-state index < -0.39 is 16.1 Å². The molecule has 0 aromatic heterocycles. The smallest absolute Gasteiger partial charge is 0.243 e. The summed E-state index contributed by atoms with van der Waals surface area (Å²) in [6.45, 7) is 6.90. The number of aryl methyl sites for hydroxylation is 1. The lowest BCUT2D eigenvalue weighted by atomic mass is 10.0. The number of carbonyl (C=O) groups is 2. The quantitative estimate of drug-likeness (QED) is 0.244. The molecular formula is C32H40BrN3O4S. The lowest BCUT2D eigenvalue weighted by Gasteiger charge is -2.32. The van der Waals surface area contributed by atoms with Crippen LogP contribution in [0.25, 0.3) is 0 Å². The van der Waals surface area contributed by atoms with Crippen LogP contribution in [0.3, 0.4) is 0 Å². The van der Waals surface area contributed by atoms with E-state index in [1.807, 2.05) is 87.5 Å². The van der Waals surface area contributed by atoms with E-state index in [-0.39, 0.29) is 37.2 Å². The Labute approximate surface area is 253 Å². The molecular weight excluding hydrogens is 602 g/mol. The first-order valence-corrected chi connectivity index (χ1v) is 16.5. The molecule has 0 aliphatic rings. The summed E-state index contributed by atoms with van der Waals surface area (Å²) in [5.41, 5.74) is 3.43. The van der Waals surface area contributed by atoms with Crippen molar-refractivity contribution < 1.29 is 18.0 Å². The van der Waals surface area contributed by atoms with E-state index >= 15 is 0 Å². The summed E-state index contributed by atoms with van der Waals surface area (Å²) in [4.78, 5) is 29.1. The van der Waals surface area contributed by atoms with Gasteiger partial charge in [-0.25, -0.2) is 8.42 Å². The van der Waals surface area contributed by atoms with E-state index in [0.29, 0.717) is 25.1 Å². The molecule has 3 aromatic carbocycles. The second kappa shape index (κ2) is 15.2. The standard InChI is InChI=1S/C32H40BrN3O4S/c1-24(2)22-34-32(38)30(21-26-10-6-5-7-11-26)35(23-27-12-8-13-28(33)20-27)31(37)14-9-19-36(41(4,39)40)29-17-15-25(3)16-18-29/h5-8,10-13,15-18,20,24,30H,9,14,19,21-23H2,1-4H3,(H,34,38)/t30-/m0/s1. The zero-order chi connectivity index (χ0) is 30.0. The van der Waals surface area contributed by atoms with Crippen molar-refractivity contribution in [1.29, 1.82) is 0 Å². The Morgan fingerprint density at radius 3 is 2.20 bits per heavy atom. The van der Waals surface area contributed by atoms with Crippen molar-refractivity contribution in [3.05, 3.63) is 100 Å². The van der Waals surface area contributed by atoms with Gasteiger partial charge in [0.25, 0.3) is 0 Å². The highest BCUT2D eigenvalue weighted by Crippen LogP contribution is 2.21. The molecule has 9 heteroatoms. The van der Waals surface area contributed by atoms with Crippen LogP contribution in [-0.2, 0) is 32.6 Å². The van der Waals surface area contributed by atoms with E-state index in [4.69, 9.17) is 0 Å². The number of rotatable bonds is 14. The predicted octanol–water partition coefficient (Wildman–Crippen LogP) is 5.72. The summed E-state index contributed by atoms with van der Waals surface area (Å²) in [5, 5.41) is 3.03. The second-order valence-corrected chi connectivity index (χ2v) is 13.6. The Balaban J connectivity index is 1.87. The predicted molar refractivity (Wildman–Crippen MR) is 169 cm³/mol. The van der Waals surface area contributed by atoms with E-state index in [9.17, 15) is 18.0 Å². The summed E-state index contributed by atoms with van der Waals surface area (Å²) < 4.78 is 27.4. The van der Waals surface area contributed by atoms with Crippen LogP contribution in [0.4, 0.5) is 5.69 Å². The number of nitrogens with one attached hydrogen (secondary N) is 1. The van der Waals surface area contributed by atoms with Gasteiger partial charge in [-0.05, 0) is 54.7 Å². The second-order valence-electron chi connectivity index (χ2n) is 10.8. The van der Waals surface area contributed by atoms with Crippen molar-refractivity contribution in [2.24, 2.45) is 5.92 Å². The number of hydrogen-bond acceptors (Lipinski definition) is 4. The van der Waals surface area contributed by atoms with Crippen LogP contribution in [0, 0.1) is 12.8 Å². The normalized spacial score (nSPS) is 12.1. The van der Waals surface area contributed by atoms with Crippen molar-refractivity contribution in [2.45, 2.75) is 52.6 Å². The molecule has 0 unspecified atom stereocenters. The van der Waals surface area contributed by atoms with Crippen LogP contribution in [0.1, 0.15) is 43.4 Å². The number of carbonyl (C=O) groups excluding carboxylic acids is 2.